The maximum absolute atomic E-state index is 12.8. The highest BCUT2D eigenvalue weighted by atomic mass is 16.5. The Morgan fingerprint density at radius 2 is 1.82 bits per heavy atom. The van der Waals surface area contributed by atoms with Gasteiger partial charge in [-0.3, -0.25) is 9.69 Å². The molecular weight excluding hydrogens is 350 g/mol. The normalized spacial score (nSPS) is 23.9. The minimum atomic E-state index is 0.181. The number of likely N-dealkylation sites (tertiary alicyclic amines) is 1. The molecule has 0 bridgehead atoms. The molecule has 1 atom stereocenters. The maximum atomic E-state index is 12.8. The van der Waals surface area contributed by atoms with Gasteiger partial charge in [0.15, 0.2) is 0 Å². The van der Waals surface area contributed by atoms with E-state index in [-0.39, 0.29) is 17.9 Å². The lowest BCUT2D eigenvalue weighted by molar-refractivity contribution is -0.127. The number of ether oxygens (including phenoxy) is 1. The fraction of sp³-hybridized carbons (Fsp3) is 0.696. The Balaban J connectivity index is 1.20. The van der Waals surface area contributed by atoms with Gasteiger partial charge >= 0.3 is 0 Å². The van der Waals surface area contributed by atoms with E-state index in [0.717, 1.165) is 78.0 Å². The molecule has 3 aliphatic rings. The summed E-state index contributed by atoms with van der Waals surface area (Å²) in [6.45, 7) is 9.06. The molecule has 5 nitrogen and oxygen atoms in total. The van der Waals surface area contributed by atoms with Gasteiger partial charge in [-0.05, 0) is 63.2 Å². The van der Waals surface area contributed by atoms with Crippen LogP contribution in [0.15, 0.2) is 24.3 Å². The van der Waals surface area contributed by atoms with Gasteiger partial charge in [-0.2, -0.15) is 0 Å². The van der Waals surface area contributed by atoms with Crippen LogP contribution in [-0.4, -0.2) is 67.2 Å². The predicted molar refractivity (Wildman–Crippen MR) is 111 cm³/mol. The Labute approximate surface area is 169 Å². The lowest BCUT2D eigenvalue weighted by Crippen LogP contribution is -2.49. The molecule has 3 heterocycles. The first-order chi connectivity index (χ1) is 13.7. The molecule has 1 amide bonds. The summed E-state index contributed by atoms with van der Waals surface area (Å²) >= 11 is 0. The zero-order valence-electron chi connectivity index (χ0n) is 17.2. The van der Waals surface area contributed by atoms with Gasteiger partial charge in [0.25, 0.3) is 0 Å². The van der Waals surface area contributed by atoms with E-state index in [9.17, 15) is 4.79 Å². The zero-order chi connectivity index (χ0) is 19.3. The zero-order valence-corrected chi connectivity index (χ0v) is 17.2. The van der Waals surface area contributed by atoms with E-state index in [1.165, 1.54) is 11.1 Å². The van der Waals surface area contributed by atoms with Crippen LogP contribution in [0.3, 0.4) is 0 Å². The molecule has 1 aromatic rings. The van der Waals surface area contributed by atoms with E-state index in [2.05, 4.69) is 46.3 Å². The van der Waals surface area contributed by atoms with Crippen molar-refractivity contribution in [3.63, 3.8) is 0 Å². The van der Waals surface area contributed by atoms with Crippen LogP contribution in [-0.2, 0) is 22.5 Å². The Kier molecular flexibility index (Phi) is 6.65. The summed E-state index contributed by atoms with van der Waals surface area (Å²) in [5.74, 6) is 0.442. The largest absolute Gasteiger partial charge is 0.381 e. The van der Waals surface area contributed by atoms with Gasteiger partial charge in [-0.15, -0.1) is 0 Å². The van der Waals surface area contributed by atoms with Crippen molar-refractivity contribution in [3.05, 3.63) is 35.4 Å². The topological polar surface area (TPSA) is 44.8 Å². The van der Waals surface area contributed by atoms with Crippen molar-refractivity contribution in [2.75, 3.05) is 39.4 Å². The van der Waals surface area contributed by atoms with Gasteiger partial charge in [0.1, 0.15) is 0 Å². The minimum absolute atomic E-state index is 0.181. The summed E-state index contributed by atoms with van der Waals surface area (Å²) in [4.78, 5) is 17.8. The molecule has 0 saturated carbocycles. The molecule has 28 heavy (non-hydrogen) atoms. The van der Waals surface area contributed by atoms with Crippen LogP contribution in [0.1, 0.15) is 43.7 Å². The summed E-state index contributed by atoms with van der Waals surface area (Å²) in [7, 11) is 0. The smallest absolute Gasteiger partial charge is 0.223 e. The quantitative estimate of drug-likeness (QED) is 0.846. The molecule has 0 radical (unpaired) electrons. The molecule has 154 valence electrons. The van der Waals surface area contributed by atoms with Gasteiger partial charge < -0.3 is 15.0 Å². The highest BCUT2D eigenvalue weighted by molar-refractivity contribution is 5.79. The van der Waals surface area contributed by atoms with Crippen molar-refractivity contribution in [3.8, 4) is 0 Å². The van der Waals surface area contributed by atoms with E-state index in [4.69, 9.17) is 4.74 Å². The number of hydrogen-bond acceptors (Lipinski definition) is 4. The molecular formula is C23H35N3O2. The number of nitrogens with zero attached hydrogens (tertiary/aromatic N) is 2. The third kappa shape index (κ3) is 4.94. The monoisotopic (exact) mass is 385 g/mol. The molecule has 3 aliphatic heterocycles. The SMILES string of the molecule is C[C@@H](CN1CCc2ccccc2C1)NC(=O)C1CCN(C2CCOCC2)CC1. The Bertz CT molecular complexity index is 651. The standard InChI is InChI=1S/C23H35N3O2/c1-18(16-25-11-6-19-4-2-3-5-21(19)17-25)24-23(27)20-7-12-26(13-8-20)22-9-14-28-15-10-22/h2-5,18,20,22H,6-17H2,1H3,(H,24,27)/t18-/m0/s1. The second-order valence-electron chi connectivity index (χ2n) is 8.82. The summed E-state index contributed by atoms with van der Waals surface area (Å²) in [5.41, 5.74) is 2.92. The number of fused-ring (bicyclic) bond motifs is 1. The highest BCUT2D eigenvalue weighted by Gasteiger charge is 2.30. The summed E-state index contributed by atoms with van der Waals surface area (Å²) < 4.78 is 5.48. The Morgan fingerprint density at radius 1 is 1.11 bits per heavy atom. The van der Waals surface area contributed by atoms with Crippen LogP contribution in [0, 0.1) is 5.92 Å². The lowest BCUT2D eigenvalue weighted by Gasteiger charge is -2.39. The molecule has 0 aromatic heterocycles. The molecule has 5 heteroatoms. The van der Waals surface area contributed by atoms with E-state index in [1.54, 1.807) is 0 Å². The average Bonchev–Trinajstić information content (AvgIpc) is 2.74. The van der Waals surface area contributed by atoms with Crippen molar-refractivity contribution >= 4 is 5.91 Å². The van der Waals surface area contributed by atoms with Crippen LogP contribution in [0.25, 0.3) is 0 Å². The summed E-state index contributed by atoms with van der Waals surface area (Å²) in [5, 5.41) is 3.30. The average molecular weight is 386 g/mol. The number of amides is 1. The molecule has 2 fully saturated rings. The number of rotatable bonds is 5. The van der Waals surface area contributed by atoms with Crippen molar-refractivity contribution in [2.45, 2.75) is 57.7 Å². The second-order valence-corrected chi connectivity index (χ2v) is 8.82. The van der Waals surface area contributed by atoms with Crippen LogP contribution < -0.4 is 5.32 Å². The third-order valence-electron chi connectivity index (χ3n) is 6.74. The van der Waals surface area contributed by atoms with Crippen molar-refractivity contribution in [2.24, 2.45) is 5.92 Å². The lowest BCUT2D eigenvalue weighted by atomic mass is 9.93. The van der Waals surface area contributed by atoms with Gasteiger partial charge in [-0.1, -0.05) is 24.3 Å². The fourth-order valence-corrected chi connectivity index (χ4v) is 5.08. The van der Waals surface area contributed by atoms with Gasteiger partial charge in [0, 0.05) is 50.8 Å². The molecule has 1 aromatic carbocycles. The number of nitrogens with one attached hydrogen (secondary N) is 1. The number of benzene rings is 1. The van der Waals surface area contributed by atoms with Crippen LogP contribution in [0.5, 0.6) is 0 Å². The third-order valence-corrected chi connectivity index (χ3v) is 6.74. The Hall–Kier alpha value is -1.43. The summed E-state index contributed by atoms with van der Waals surface area (Å²) in [6, 6.07) is 9.59. The van der Waals surface area contributed by atoms with Crippen molar-refractivity contribution in [1.29, 1.82) is 0 Å². The van der Waals surface area contributed by atoms with Crippen LogP contribution in [0.4, 0.5) is 0 Å². The maximum Gasteiger partial charge on any atom is 0.223 e. The first-order valence-corrected chi connectivity index (χ1v) is 11.1. The van der Waals surface area contributed by atoms with Gasteiger partial charge in [-0.25, -0.2) is 0 Å². The minimum Gasteiger partial charge on any atom is -0.381 e. The number of carbonyl (C=O) groups excluding carboxylic acids is 1. The molecule has 2 saturated heterocycles. The number of hydrogen-bond donors (Lipinski definition) is 1. The molecule has 0 aliphatic carbocycles. The van der Waals surface area contributed by atoms with E-state index in [0.29, 0.717) is 6.04 Å². The van der Waals surface area contributed by atoms with Crippen molar-refractivity contribution < 1.29 is 9.53 Å². The van der Waals surface area contributed by atoms with Gasteiger partial charge in [0.05, 0.1) is 0 Å². The van der Waals surface area contributed by atoms with E-state index >= 15 is 0 Å². The number of piperidine rings is 1. The summed E-state index contributed by atoms with van der Waals surface area (Å²) in [6.07, 6.45) is 5.39. The first kappa shape index (κ1) is 19.9. The molecule has 4 rings (SSSR count). The fourth-order valence-electron chi connectivity index (χ4n) is 5.08. The van der Waals surface area contributed by atoms with Crippen molar-refractivity contribution in [1.82, 2.24) is 15.1 Å². The molecule has 0 spiro atoms. The molecule has 0 unspecified atom stereocenters. The predicted octanol–water partition coefficient (Wildman–Crippen LogP) is 2.44. The molecule has 1 N–H and O–H groups in total. The highest BCUT2D eigenvalue weighted by Crippen LogP contribution is 2.24. The van der Waals surface area contributed by atoms with Gasteiger partial charge in [0.2, 0.25) is 5.91 Å². The Morgan fingerprint density at radius 3 is 2.57 bits per heavy atom. The first-order valence-electron chi connectivity index (χ1n) is 11.1. The van der Waals surface area contributed by atoms with Crippen LogP contribution >= 0.6 is 0 Å². The van der Waals surface area contributed by atoms with Crippen LogP contribution in [0.2, 0.25) is 0 Å². The second kappa shape index (κ2) is 9.38. The van der Waals surface area contributed by atoms with E-state index < -0.39 is 0 Å². The number of carbonyl (C=O) groups is 1. The van der Waals surface area contributed by atoms with E-state index in [1.807, 2.05) is 0 Å².